The molecular formula is C11H11N3O. The fourth-order valence-corrected chi connectivity index (χ4v) is 1.20. The van der Waals surface area contributed by atoms with Crippen LogP contribution in [-0.2, 0) is 0 Å². The second-order valence-corrected chi connectivity index (χ2v) is 3.11. The van der Waals surface area contributed by atoms with Crippen molar-refractivity contribution in [1.82, 2.24) is 4.98 Å². The van der Waals surface area contributed by atoms with Crippen molar-refractivity contribution in [2.45, 2.75) is 0 Å². The third-order valence-corrected chi connectivity index (χ3v) is 1.97. The Labute approximate surface area is 87.4 Å². The van der Waals surface area contributed by atoms with Crippen molar-refractivity contribution in [1.29, 1.82) is 0 Å². The smallest absolute Gasteiger partial charge is 0.153 e. The molecule has 0 radical (unpaired) electrons. The Hall–Kier alpha value is -2.23. The zero-order valence-corrected chi connectivity index (χ0v) is 8.01. The van der Waals surface area contributed by atoms with Crippen LogP contribution in [0.3, 0.4) is 0 Å². The Balaban J connectivity index is 2.22. The number of hydrogen-bond acceptors (Lipinski definition) is 4. The number of nitrogens with zero attached hydrogens (tertiary/aromatic N) is 1. The minimum atomic E-state index is 0.231. The number of nitrogens with two attached hydrogens (primary N) is 1. The van der Waals surface area contributed by atoms with Gasteiger partial charge in [0.1, 0.15) is 5.75 Å². The fourth-order valence-electron chi connectivity index (χ4n) is 1.20. The van der Waals surface area contributed by atoms with Crippen LogP contribution in [0.1, 0.15) is 0 Å². The molecule has 0 saturated carbocycles. The van der Waals surface area contributed by atoms with Crippen molar-refractivity contribution in [3.63, 3.8) is 0 Å². The first kappa shape index (κ1) is 9.33. The summed E-state index contributed by atoms with van der Waals surface area (Å²) in [6.07, 6.45) is 1.67. The molecule has 0 bridgehead atoms. The van der Waals surface area contributed by atoms with Crippen molar-refractivity contribution in [3.8, 4) is 5.75 Å². The largest absolute Gasteiger partial charge is 0.508 e. The van der Waals surface area contributed by atoms with E-state index in [9.17, 15) is 0 Å². The van der Waals surface area contributed by atoms with Gasteiger partial charge in [-0.25, -0.2) is 4.98 Å². The highest BCUT2D eigenvalue weighted by Crippen LogP contribution is 2.21. The number of nitrogen functional groups attached to an aromatic ring is 1. The number of hydrogen-bond donors (Lipinski definition) is 3. The van der Waals surface area contributed by atoms with E-state index in [-0.39, 0.29) is 5.75 Å². The van der Waals surface area contributed by atoms with Gasteiger partial charge in [0.15, 0.2) is 5.82 Å². The second-order valence-electron chi connectivity index (χ2n) is 3.11. The third-order valence-electron chi connectivity index (χ3n) is 1.97. The molecule has 0 spiro atoms. The molecule has 2 rings (SSSR count). The third kappa shape index (κ3) is 2.17. The van der Waals surface area contributed by atoms with Gasteiger partial charge in [-0.2, -0.15) is 0 Å². The lowest BCUT2D eigenvalue weighted by molar-refractivity contribution is 0.475. The van der Waals surface area contributed by atoms with Gasteiger partial charge in [0.25, 0.3) is 0 Å². The lowest BCUT2D eigenvalue weighted by atomic mass is 10.3. The first-order valence-corrected chi connectivity index (χ1v) is 4.52. The summed E-state index contributed by atoms with van der Waals surface area (Å²) in [6, 6.07) is 10.3. The SMILES string of the molecule is Nc1cccnc1Nc1ccc(O)cc1. The standard InChI is InChI=1S/C11H11N3O/c12-10-2-1-7-13-11(10)14-8-3-5-9(15)6-4-8/h1-7,15H,12H2,(H,13,14). The molecule has 0 fully saturated rings. The number of aromatic hydroxyl groups is 1. The van der Waals surface area contributed by atoms with Gasteiger partial charge in [0, 0.05) is 11.9 Å². The molecule has 0 aliphatic carbocycles. The molecule has 4 heteroatoms. The van der Waals surface area contributed by atoms with E-state index < -0.39 is 0 Å². The Kier molecular flexibility index (Phi) is 2.41. The van der Waals surface area contributed by atoms with Gasteiger partial charge in [0.05, 0.1) is 5.69 Å². The highest BCUT2D eigenvalue weighted by atomic mass is 16.3. The molecule has 15 heavy (non-hydrogen) atoms. The number of benzene rings is 1. The highest BCUT2D eigenvalue weighted by molar-refractivity contribution is 5.68. The zero-order chi connectivity index (χ0) is 10.7. The summed E-state index contributed by atoms with van der Waals surface area (Å²) >= 11 is 0. The summed E-state index contributed by atoms with van der Waals surface area (Å²) in [5, 5.41) is 12.2. The van der Waals surface area contributed by atoms with Crippen molar-refractivity contribution >= 4 is 17.2 Å². The number of anilines is 3. The Morgan fingerprint density at radius 1 is 1.13 bits per heavy atom. The van der Waals surface area contributed by atoms with Gasteiger partial charge in [-0.1, -0.05) is 0 Å². The van der Waals surface area contributed by atoms with E-state index in [1.54, 1.807) is 42.6 Å². The summed E-state index contributed by atoms with van der Waals surface area (Å²) in [5.74, 6) is 0.845. The highest BCUT2D eigenvalue weighted by Gasteiger charge is 1.99. The minimum Gasteiger partial charge on any atom is -0.508 e. The van der Waals surface area contributed by atoms with Crippen LogP contribution >= 0.6 is 0 Å². The molecule has 4 nitrogen and oxygen atoms in total. The van der Waals surface area contributed by atoms with E-state index in [0.717, 1.165) is 5.69 Å². The summed E-state index contributed by atoms with van der Waals surface area (Å²) in [5.41, 5.74) is 7.14. The number of rotatable bonds is 2. The first-order valence-electron chi connectivity index (χ1n) is 4.52. The molecule has 0 amide bonds. The lowest BCUT2D eigenvalue weighted by Gasteiger charge is -2.07. The normalized spacial score (nSPS) is 9.87. The van der Waals surface area contributed by atoms with Crippen LogP contribution in [0.4, 0.5) is 17.2 Å². The maximum Gasteiger partial charge on any atom is 0.153 e. The van der Waals surface area contributed by atoms with Crippen molar-refractivity contribution < 1.29 is 5.11 Å². The molecule has 1 aromatic carbocycles. The Morgan fingerprint density at radius 3 is 2.53 bits per heavy atom. The van der Waals surface area contributed by atoms with Crippen LogP contribution < -0.4 is 11.1 Å². The molecule has 2 aromatic rings. The number of pyridine rings is 1. The van der Waals surface area contributed by atoms with E-state index in [4.69, 9.17) is 10.8 Å². The average Bonchev–Trinajstić information content (AvgIpc) is 2.25. The lowest BCUT2D eigenvalue weighted by Crippen LogP contribution is -1.97. The van der Waals surface area contributed by atoms with E-state index >= 15 is 0 Å². The van der Waals surface area contributed by atoms with Gasteiger partial charge < -0.3 is 16.2 Å². The number of phenolic OH excluding ortho intramolecular Hbond substituents is 1. The van der Waals surface area contributed by atoms with Crippen molar-refractivity contribution in [3.05, 3.63) is 42.6 Å². The van der Waals surface area contributed by atoms with E-state index in [2.05, 4.69) is 10.3 Å². The number of aromatic nitrogens is 1. The zero-order valence-electron chi connectivity index (χ0n) is 8.01. The first-order chi connectivity index (χ1) is 7.25. The summed E-state index contributed by atoms with van der Waals surface area (Å²) in [4.78, 5) is 4.10. The molecule has 76 valence electrons. The topological polar surface area (TPSA) is 71.2 Å². The van der Waals surface area contributed by atoms with E-state index in [1.165, 1.54) is 0 Å². The summed E-state index contributed by atoms with van der Waals surface area (Å²) in [6.45, 7) is 0. The summed E-state index contributed by atoms with van der Waals surface area (Å²) < 4.78 is 0. The fraction of sp³-hybridized carbons (Fsp3) is 0. The van der Waals surface area contributed by atoms with Crippen LogP contribution in [0.5, 0.6) is 5.75 Å². The Morgan fingerprint density at radius 2 is 1.87 bits per heavy atom. The predicted molar refractivity (Wildman–Crippen MR) is 60.0 cm³/mol. The molecule has 1 heterocycles. The quantitative estimate of drug-likeness (QED) is 0.651. The van der Waals surface area contributed by atoms with Crippen molar-refractivity contribution in [2.75, 3.05) is 11.1 Å². The average molecular weight is 201 g/mol. The monoisotopic (exact) mass is 201 g/mol. The predicted octanol–water partition coefficient (Wildman–Crippen LogP) is 2.11. The van der Waals surface area contributed by atoms with Gasteiger partial charge in [-0.3, -0.25) is 0 Å². The van der Waals surface area contributed by atoms with E-state index in [1.807, 2.05) is 0 Å². The molecule has 4 N–H and O–H groups in total. The van der Waals surface area contributed by atoms with Gasteiger partial charge in [-0.05, 0) is 36.4 Å². The van der Waals surface area contributed by atoms with Crippen LogP contribution in [0.15, 0.2) is 42.6 Å². The van der Waals surface area contributed by atoms with Gasteiger partial charge in [0.2, 0.25) is 0 Å². The molecule has 0 unspecified atom stereocenters. The number of phenols is 1. The van der Waals surface area contributed by atoms with Crippen molar-refractivity contribution in [2.24, 2.45) is 0 Å². The maximum atomic E-state index is 9.11. The van der Waals surface area contributed by atoms with Crippen LogP contribution in [0.25, 0.3) is 0 Å². The Bertz CT molecular complexity index is 454. The molecule has 0 aliphatic heterocycles. The second kappa shape index (κ2) is 3.88. The van der Waals surface area contributed by atoms with Crippen LogP contribution in [-0.4, -0.2) is 10.1 Å². The van der Waals surface area contributed by atoms with Gasteiger partial charge >= 0.3 is 0 Å². The molecule has 1 aromatic heterocycles. The summed E-state index contributed by atoms with van der Waals surface area (Å²) in [7, 11) is 0. The molecular weight excluding hydrogens is 190 g/mol. The van der Waals surface area contributed by atoms with Crippen LogP contribution in [0.2, 0.25) is 0 Å². The van der Waals surface area contributed by atoms with Crippen LogP contribution in [0, 0.1) is 0 Å². The molecule has 0 aliphatic rings. The maximum absolute atomic E-state index is 9.11. The minimum absolute atomic E-state index is 0.231. The van der Waals surface area contributed by atoms with E-state index in [0.29, 0.717) is 11.5 Å². The molecule has 0 saturated heterocycles. The molecule has 0 atom stereocenters. The van der Waals surface area contributed by atoms with Gasteiger partial charge in [-0.15, -0.1) is 0 Å². The number of nitrogens with one attached hydrogen (secondary N) is 1.